The van der Waals surface area contributed by atoms with Gasteiger partial charge < -0.3 is 44.1 Å². The Morgan fingerprint density at radius 2 is 0.802 bits per heavy atom. The van der Waals surface area contributed by atoms with Crippen LogP contribution in [-0.2, 0) is 101 Å². The Hall–Kier alpha value is -13.9. The number of carbonyl (C=O) groups excluding carboxylic acids is 9. The largest absolute Gasteiger partial charge is 0.454 e. The highest BCUT2D eigenvalue weighted by molar-refractivity contribution is 6.21. The maximum atomic E-state index is 13.1. The molecule has 126 heavy (non-hydrogen) atoms. The zero-order valence-corrected chi connectivity index (χ0v) is 71.1. The molecule has 0 bridgehead atoms. The lowest BCUT2D eigenvalue weighted by atomic mass is 9.97. The zero-order valence-electron chi connectivity index (χ0n) is 71.1. The molecule has 0 spiro atoms. The fourth-order valence-electron chi connectivity index (χ4n) is 18.4. The number of amides is 7. The molecule has 7 aliphatic heterocycles. The number of ketones is 2. The topological polar surface area (TPSA) is 249 Å². The van der Waals surface area contributed by atoms with E-state index in [0.717, 1.165) is 154 Å². The van der Waals surface area contributed by atoms with Gasteiger partial charge in [-0.05, 0) is 263 Å². The molecule has 7 heterocycles. The van der Waals surface area contributed by atoms with Crippen LogP contribution in [0.1, 0.15) is 132 Å². The predicted molar refractivity (Wildman–Crippen MR) is 477 cm³/mol. The fraction of sp³-hybridized carbons (Fsp3) is 0.290. The number of rotatable bonds is 10. The molecule has 2 N–H and O–H groups in total. The standard InChI is InChI=1S/C22H22F3N3O2.C22H24N2O2.C20H19NO2.C18H16N2O4.C18H15NO4/c1-2-27-19(29)12-20(30)28(18-10-9-14-5-3-8-17(14)21(18)27)16-7-4-6-15(11-16)26-13-22(23,24)25;1-3-23-15(2)13-21(26)24(18-10-7-16(14-25)8-11-18)20-12-9-17-5-4-6-19(17)22(20)23;1-13-4-2-6-15(10-13)21-19-9-8-14-5-3-7-17(14)18(19)11-16(22)12-20(21)23;1-11-4-3-5-12(8-11)20-13-6-7-14-18(24-10-23-14)17(13)19(2)15(21)9-16(20)22;1-11-3-2-4-12(7-11)19-15-5-6-16-18(23-10-22-16)14(15)8-13(20)9-17(19)21/h4,6-7,9-11,26H,2-3,5,8,12-13H2,1H3;7-12,25H,2-6,13-14H2,1H3;2,4,6,8-10H,3,5,7,11-12H2,1H3;3-8H,9-10H2,1-2H3;2-7H,8-10H2,1H3. The Labute approximate surface area is 728 Å². The molecule has 7 amide bonds. The first-order chi connectivity index (χ1) is 60.7. The van der Waals surface area contributed by atoms with Crippen LogP contribution in [0.5, 0.6) is 23.0 Å². The maximum absolute atomic E-state index is 13.1. The molecule has 10 aromatic carbocycles. The number of carbonyl (C=O) groups is 9. The number of aryl methyl sites for hydroxylation is 6. The number of fused-ring (bicyclic) bond motifs is 15. The van der Waals surface area contributed by atoms with Gasteiger partial charge in [0.05, 0.1) is 71.4 Å². The molecule has 10 aromatic rings. The van der Waals surface area contributed by atoms with E-state index in [4.69, 9.17) is 18.9 Å². The number of hydrogen-bond donors (Lipinski definition) is 2. The van der Waals surface area contributed by atoms with Gasteiger partial charge in [0, 0.05) is 72.7 Å². The molecule has 0 radical (unpaired) electrons. The van der Waals surface area contributed by atoms with Gasteiger partial charge in [-0.2, -0.15) is 13.2 Å². The Kier molecular flexibility index (Phi) is 24.6. The summed E-state index contributed by atoms with van der Waals surface area (Å²) in [5.74, 6) is 0.636. The normalized spacial score (nSPS) is 16.5. The molecule has 0 saturated carbocycles. The lowest BCUT2D eigenvalue weighted by Crippen LogP contribution is -2.32. The first-order valence-corrected chi connectivity index (χ1v) is 42.5. The van der Waals surface area contributed by atoms with Crippen molar-refractivity contribution in [3.63, 3.8) is 0 Å². The number of nitrogens with zero attached hydrogens (tertiary/aromatic N) is 8. The molecule has 3 aliphatic carbocycles. The number of benzene rings is 10. The van der Waals surface area contributed by atoms with Crippen molar-refractivity contribution in [1.29, 1.82) is 0 Å². The average molecular weight is 1700 g/mol. The highest BCUT2D eigenvalue weighted by atomic mass is 19.4. The molecule has 0 unspecified atom stereocenters. The van der Waals surface area contributed by atoms with Gasteiger partial charge in [-0.15, -0.1) is 0 Å². The molecule has 26 heteroatoms. The van der Waals surface area contributed by atoms with Crippen LogP contribution in [0.15, 0.2) is 194 Å². The average Bonchev–Trinajstić information content (AvgIpc) is 1.60. The minimum atomic E-state index is -4.35. The van der Waals surface area contributed by atoms with Crippen LogP contribution in [0.4, 0.5) is 92.8 Å². The highest BCUT2D eigenvalue weighted by Crippen LogP contribution is 2.53. The molecule has 0 aromatic heterocycles. The Morgan fingerprint density at radius 3 is 1.33 bits per heavy atom. The van der Waals surface area contributed by atoms with E-state index in [9.17, 15) is 61.4 Å². The van der Waals surface area contributed by atoms with Gasteiger partial charge in [0.2, 0.25) is 54.9 Å². The summed E-state index contributed by atoms with van der Waals surface area (Å²) >= 11 is 0. The SMILES string of the molecule is C=C1CC(=O)N(c2ccc(CO)cc2)c2ccc3c(c2N1CC)CCC3.CCN1C(=O)CC(=O)N(c2cccc(NCC(F)(F)F)c2)c2ccc3c(c21)CCC3.Cc1cccc(N2C(=O)CC(=O)Cc3c2ccc2c3CCC2)c1.Cc1cccc(N2C(=O)CC(=O)Cc3c2ccc2c3OCO2)c1.Cc1cccc(N2C(=O)CC(=O)N(C)c3c2ccc2c3OCO2)c1. The van der Waals surface area contributed by atoms with E-state index < -0.39 is 18.6 Å². The lowest BCUT2D eigenvalue weighted by molar-refractivity contribution is -0.127. The van der Waals surface area contributed by atoms with Crippen LogP contribution >= 0.6 is 0 Å². The third-order valence-electron chi connectivity index (χ3n) is 24.1. The molecule has 0 saturated heterocycles. The van der Waals surface area contributed by atoms with Gasteiger partial charge in [0.1, 0.15) is 36.6 Å². The lowest BCUT2D eigenvalue weighted by Gasteiger charge is -2.29. The number of anilines is 14. The second kappa shape index (κ2) is 36.1. The van der Waals surface area contributed by atoms with Crippen LogP contribution in [0.25, 0.3) is 0 Å². The monoisotopic (exact) mass is 1700 g/mol. The molecule has 23 nitrogen and oxygen atoms in total. The van der Waals surface area contributed by atoms with Gasteiger partial charge in [0.25, 0.3) is 0 Å². The summed E-state index contributed by atoms with van der Waals surface area (Å²) in [6.07, 6.45) is 5.18. The van der Waals surface area contributed by atoms with Crippen molar-refractivity contribution in [1.82, 2.24) is 0 Å². The summed E-state index contributed by atoms with van der Waals surface area (Å²) < 4.78 is 59.7. The summed E-state index contributed by atoms with van der Waals surface area (Å²) in [6.45, 7) is 14.4. The second-order valence-corrected chi connectivity index (χ2v) is 32.6. The van der Waals surface area contributed by atoms with E-state index in [1.54, 1.807) is 57.0 Å². The number of hydrogen-bond acceptors (Lipinski definition) is 16. The van der Waals surface area contributed by atoms with Crippen molar-refractivity contribution in [2.75, 3.05) is 84.8 Å². The highest BCUT2D eigenvalue weighted by Gasteiger charge is 2.41. The Morgan fingerprint density at radius 1 is 0.389 bits per heavy atom. The van der Waals surface area contributed by atoms with Crippen LogP contribution in [-0.4, -0.2) is 104 Å². The summed E-state index contributed by atoms with van der Waals surface area (Å²) in [7, 11) is 1.65. The maximum Gasteiger partial charge on any atom is 0.405 e. The first kappa shape index (κ1) is 85.7. The number of Topliss-reactive ketones (excluding diaryl/α,β-unsaturated/α-hetero) is 2. The number of nitrogens with one attached hydrogen (secondary N) is 1. The minimum absolute atomic E-state index is 0.00125. The smallest absolute Gasteiger partial charge is 0.405 e. The van der Waals surface area contributed by atoms with Crippen LogP contribution in [0.2, 0.25) is 0 Å². The van der Waals surface area contributed by atoms with Crippen molar-refractivity contribution in [3.8, 4) is 23.0 Å². The zero-order chi connectivity index (χ0) is 88.5. The Bertz CT molecular complexity index is 5950. The van der Waals surface area contributed by atoms with E-state index in [1.165, 1.54) is 49.7 Å². The molecule has 0 atom stereocenters. The van der Waals surface area contributed by atoms with Crippen LogP contribution in [0, 0.1) is 20.8 Å². The fourth-order valence-corrected chi connectivity index (χ4v) is 18.4. The number of alkyl halides is 3. The van der Waals surface area contributed by atoms with Gasteiger partial charge in [0.15, 0.2) is 23.0 Å². The number of aliphatic hydroxyl groups is 1. The molecule has 0 fully saturated rings. The summed E-state index contributed by atoms with van der Waals surface area (Å²) in [5, 5.41) is 11.7. The summed E-state index contributed by atoms with van der Waals surface area (Å²) in [5.41, 5.74) is 24.3. The first-order valence-electron chi connectivity index (χ1n) is 42.5. The summed E-state index contributed by atoms with van der Waals surface area (Å²) in [6, 6.07) is 56.5. The number of aliphatic hydroxyl groups excluding tert-OH is 1. The minimum Gasteiger partial charge on any atom is -0.454 e. The Balaban J connectivity index is 0.000000116. The quantitative estimate of drug-likeness (QED) is 0.121. The second-order valence-electron chi connectivity index (χ2n) is 32.6. The van der Waals surface area contributed by atoms with E-state index >= 15 is 0 Å². The third-order valence-corrected chi connectivity index (χ3v) is 24.1. The van der Waals surface area contributed by atoms with E-state index in [1.807, 2.05) is 154 Å². The van der Waals surface area contributed by atoms with Crippen LogP contribution in [0.3, 0.4) is 0 Å². The van der Waals surface area contributed by atoms with E-state index in [-0.39, 0.29) is 105 Å². The van der Waals surface area contributed by atoms with Crippen molar-refractivity contribution in [3.05, 3.63) is 261 Å². The van der Waals surface area contributed by atoms with Crippen molar-refractivity contribution < 1.29 is 80.4 Å². The van der Waals surface area contributed by atoms with E-state index in [0.29, 0.717) is 70.8 Å². The van der Waals surface area contributed by atoms with E-state index in [2.05, 4.69) is 41.9 Å². The van der Waals surface area contributed by atoms with Crippen molar-refractivity contribution >= 4 is 133 Å². The summed E-state index contributed by atoms with van der Waals surface area (Å²) in [4.78, 5) is 127. The predicted octanol–water partition coefficient (Wildman–Crippen LogP) is 18.0. The van der Waals surface area contributed by atoms with Gasteiger partial charge in [-0.1, -0.05) is 79.4 Å². The number of halogens is 3. The molecule has 646 valence electrons. The molecular formula is C100H96F3N9O14. The van der Waals surface area contributed by atoms with Crippen molar-refractivity contribution in [2.45, 2.75) is 150 Å². The van der Waals surface area contributed by atoms with Gasteiger partial charge in [-0.25, -0.2) is 0 Å². The molecule has 10 aliphatic rings. The molecule has 20 rings (SSSR count). The van der Waals surface area contributed by atoms with Crippen molar-refractivity contribution in [2.24, 2.45) is 0 Å². The van der Waals surface area contributed by atoms with Gasteiger partial charge in [-0.3, -0.25) is 67.7 Å². The number of ether oxygens (including phenoxy) is 4. The third kappa shape index (κ3) is 17.3. The molecular weight excluding hydrogens is 1610 g/mol. The van der Waals surface area contributed by atoms with Crippen LogP contribution < -0.4 is 63.5 Å². The van der Waals surface area contributed by atoms with Gasteiger partial charge >= 0.3 is 6.18 Å².